The van der Waals surface area contributed by atoms with Crippen molar-refractivity contribution in [3.05, 3.63) is 0 Å². The van der Waals surface area contributed by atoms with Crippen molar-refractivity contribution in [1.29, 1.82) is 0 Å². The normalized spacial score (nSPS) is 11.1. The second-order valence-corrected chi connectivity index (χ2v) is 8.08. The Kier molecular flexibility index (Phi) is 29.8. The van der Waals surface area contributed by atoms with E-state index in [0.29, 0.717) is 132 Å². The largest absolute Gasteiger partial charge is 0.380 e. The minimum atomic E-state index is -0.118. The Balaban J connectivity index is 3.29. The molecule has 0 fully saturated rings. The number of nitrogens with zero attached hydrogens (tertiary/aromatic N) is 1. The number of likely N-dealkylation sites (N-methyl/N-ethyl adjacent to an activating group) is 1. The predicted octanol–water partition coefficient (Wildman–Crippen LogP) is -0.399. The highest BCUT2D eigenvalue weighted by molar-refractivity contribution is 7.81. The van der Waals surface area contributed by atoms with Gasteiger partial charge in [0.25, 0.3) is 0 Å². The number of carbonyl (C=O) groups is 2. The van der Waals surface area contributed by atoms with Crippen molar-refractivity contribution in [2.24, 2.45) is 0 Å². The number of hydrogen-bond donors (Lipinski definition) is 2. The highest BCUT2D eigenvalue weighted by Crippen LogP contribution is 1.93. The molecule has 0 atom stereocenters. The average Bonchev–Trinajstić information content (AvgIpc) is 2.92. The van der Waals surface area contributed by atoms with Gasteiger partial charge < -0.3 is 48.1 Å². The van der Waals surface area contributed by atoms with Gasteiger partial charge in [-0.2, -0.15) is 12.6 Å². The second-order valence-electron chi connectivity index (χ2n) is 7.76. The van der Waals surface area contributed by atoms with E-state index in [1.165, 1.54) is 0 Å². The summed E-state index contributed by atoms with van der Waals surface area (Å²) in [5.41, 5.74) is 0. The van der Waals surface area contributed by atoms with E-state index in [2.05, 4.69) is 17.9 Å². The van der Waals surface area contributed by atoms with Crippen LogP contribution in [0.2, 0.25) is 6.32 Å². The summed E-state index contributed by atoms with van der Waals surface area (Å²) in [6.07, 6.45) is 0.815. The molecule has 0 saturated heterocycles. The fourth-order valence-corrected chi connectivity index (χ4v) is 2.71. The van der Waals surface area contributed by atoms with Gasteiger partial charge in [0.1, 0.15) is 0 Å². The second kappa shape index (κ2) is 30.6. The van der Waals surface area contributed by atoms with Gasteiger partial charge in [0.2, 0.25) is 11.8 Å². The quantitative estimate of drug-likeness (QED) is 0.0675. The molecule has 0 aromatic heterocycles. The molecule has 12 nitrogen and oxygen atoms in total. The van der Waals surface area contributed by atoms with Gasteiger partial charge in [-0.25, -0.2) is 0 Å². The minimum absolute atomic E-state index is 0.00179. The summed E-state index contributed by atoms with van der Waals surface area (Å²) >= 11 is 3.87. The molecule has 0 aliphatic rings. The van der Waals surface area contributed by atoms with Gasteiger partial charge in [0.15, 0.2) is 0 Å². The molecule has 0 aliphatic heterocycles. The molecular formula is C24H47BN2O10S. The maximum absolute atomic E-state index is 12.1. The average molecular weight is 567 g/mol. The van der Waals surface area contributed by atoms with E-state index < -0.39 is 0 Å². The minimum Gasteiger partial charge on any atom is -0.380 e. The highest BCUT2D eigenvalue weighted by atomic mass is 32.1. The number of amides is 2. The fourth-order valence-electron chi connectivity index (χ4n) is 2.60. The van der Waals surface area contributed by atoms with E-state index >= 15 is 0 Å². The first-order valence-electron chi connectivity index (χ1n) is 13.0. The van der Waals surface area contributed by atoms with Crippen LogP contribution in [0.4, 0.5) is 0 Å². The number of carbonyl (C=O) groups excluding carboxylic acids is 2. The van der Waals surface area contributed by atoms with Crippen LogP contribution in [-0.4, -0.2) is 156 Å². The number of rotatable bonds is 30. The van der Waals surface area contributed by atoms with Crippen molar-refractivity contribution in [3.8, 4) is 0 Å². The van der Waals surface area contributed by atoms with Gasteiger partial charge in [0.05, 0.1) is 119 Å². The summed E-state index contributed by atoms with van der Waals surface area (Å²) in [5, 5.41) is 2.66. The number of hydrogen-bond acceptors (Lipinski definition) is 11. The lowest BCUT2D eigenvalue weighted by atomic mass is 10.1. The Labute approximate surface area is 234 Å². The van der Waals surface area contributed by atoms with Crippen molar-refractivity contribution in [2.45, 2.75) is 12.7 Å². The lowest BCUT2D eigenvalue weighted by Gasteiger charge is -2.17. The van der Waals surface area contributed by atoms with Crippen LogP contribution in [0, 0.1) is 0 Å². The van der Waals surface area contributed by atoms with E-state index in [-0.39, 0.29) is 17.6 Å². The molecule has 222 valence electrons. The smallest absolute Gasteiger partial charge is 0.229 e. The van der Waals surface area contributed by atoms with Gasteiger partial charge in [0, 0.05) is 26.7 Å². The molecule has 0 aliphatic carbocycles. The molecule has 0 bridgehead atoms. The Morgan fingerprint density at radius 1 is 0.632 bits per heavy atom. The van der Waals surface area contributed by atoms with E-state index in [4.69, 9.17) is 45.7 Å². The van der Waals surface area contributed by atoms with Crippen LogP contribution in [0.15, 0.2) is 0 Å². The zero-order valence-electron chi connectivity index (χ0n) is 22.9. The van der Waals surface area contributed by atoms with Crippen LogP contribution in [0.25, 0.3) is 0 Å². The van der Waals surface area contributed by atoms with Gasteiger partial charge in [-0.05, 0) is 0 Å². The van der Waals surface area contributed by atoms with Crippen LogP contribution in [0.5, 0.6) is 0 Å². The first-order chi connectivity index (χ1) is 18.6. The summed E-state index contributed by atoms with van der Waals surface area (Å²) in [5.74, 6) is 0.0501. The Hall–Kier alpha value is -0.965. The molecule has 38 heavy (non-hydrogen) atoms. The Morgan fingerprint density at radius 2 is 1.03 bits per heavy atom. The molecule has 0 heterocycles. The van der Waals surface area contributed by atoms with Gasteiger partial charge >= 0.3 is 0 Å². The third-order valence-corrected chi connectivity index (χ3v) is 4.95. The summed E-state index contributed by atoms with van der Waals surface area (Å²) in [6, 6.07) is 0. The van der Waals surface area contributed by atoms with Crippen LogP contribution >= 0.6 is 12.6 Å². The first-order valence-corrected chi connectivity index (χ1v) is 13.7. The van der Waals surface area contributed by atoms with Crippen molar-refractivity contribution < 1.29 is 47.5 Å². The molecule has 0 aromatic carbocycles. The Bertz CT molecular complexity index is 540. The van der Waals surface area contributed by atoms with Crippen LogP contribution < -0.4 is 5.32 Å². The SMILES string of the molecule is [B]CCOCCOCCOCCOCCN(C)C(=O)CCOCCOCCOCCOCCNC(=O)CS. The van der Waals surface area contributed by atoms with Gasteiger partial charge in [-0.1, -0.05) is 6.32 Å². The lowest BCUT2D eigenvalue weighted by Crippen LogP contribution is -2.31. The standard InChI is InChI=1S/C24H47BN2O10S/c1-27(5-9-33-13-17-37-21-19-35-15-11-31-7-3-25)24(29)2-6-30-10-14-34-18-20-36-16-12-32-8-4-26-23(28)22-38/h38H,2-22H2,1H3,(H,26,28). The maximum atomic E-state index is 12.1. The molecule has 1 N–H and O–H groups in total. The van der Waals surface area contributed by atoms with Gasteiger partial charge in [-0.15, -0.1) is 0 Å². The molecule has 2 amide bonds. The van der Waals surface area contributed by atoms with Crippen LogP contribution in [0.1, 0.15) is 6.42 Å². The van der Waals surface area contributed by atoms with E-state index in [1.807, 2.05) is 0 Å². The first kappa shape index (κ1) is 37.0. The molecule has 0 aromatic rings. The summed E-state index contributed by atoms with van der Waals surface area (Å²) < 4.78 is 43.0. The molecule has 0 rings (SSSR count). The van der Waals surface area contributed by atoms with E-state index in [1.54, 1.807) is 11.9 Å². The van der Waals surface area contributed by atoms with E-state index in [0.717, 1.165) is 0 Å². The molecule has 2 radical (unpaired) electrons. The van der Waals surface area contributed by atoms with Crippen LogP contribution in [-0.2, 0) is 47.5 Å². The van der Waals surface area contributed by atoms with Crippen molar-refractivity contribution in [1.82, 2.24) is 10.2 Å². The van der Waals surface area contributed by atoms with Crippen molar-refractivity contribution in [2.75, 3.05) is 132 Å². The molecular weight excluding hydrogens is 519 g/mol. The lowest BCUT2D eigenvalue weighted by molar-refractivity contribution is -0.132. The summed E-state index contributed by atoms with van der Waals surface area (Å²) in [7, 11) is 7.06. The third kappa shape index (κ3) is 28.1. The molecule has 14 heteroatoms. The third-order valence-electron chi connectivity index (χ3n) is 4.66. The highest BCUT2D eigenvalue weighted by Gasteiger charge is 2.08. The maximum Gasteiger partial charge on any atom is 0.229 e. The number of nitrogens with one attached hydrogen (secondary N) is 1. The zero-order chi connectivity index (χ0) is 27.9. The fraction of sp³-hybridized carbons (Fsp3) is 0.917. The molecule has 0 unspecified atom stereocenters. The Morgan fingerprint density at radius 3 is 1.47 bits per heavy atom. The summed E-state index contributed by atoms with van der Waals surface area (Å²) in [4.78, 5) is 24.7. The monoisotopic (exact) mass is 566 g/mol. The summed E-state index contributed by atoms with van der Waals surface area (Å²) in [6.45, 7) is 8.36. The molecule has 0 saturated carbocycles. The topological polar surface area (TPSA) is 123 Å². The van der Waals surface area contributed by atoms with Crippen molar-refractivity contribution in [3.63, 3.8) is 0 Å². The van der Waals surface area contributed by atoms with Crippen molar-refractivity contribution >= 4 is 32.3 Å². The van der Waals surface area contributed by atoms with E-state index in [9.17, 15) is 9.59 Å². The predicted molar refractivity (Wildman–Crippen MR) is 146 cm³/mol. The van der Waals surface area contributed by atoms with Crippen LogP contribution in [0.3, 0.4) is 0 Å². The van der Waals surface area contributed by atoms with Gasteiger partial charge in [-0.3, -0.25) is 9.59 Å². The number of ether oxygens (including phenoxy) is 8. The number of thiol groups is 1. The zero-order valence-corrected chi connectivity index (χ0v) is 23.8. The molecule has 0 spiro atoms.